The van der Waals surface area contributed by atoms with Crippen LogP contribution >= 0.6 is 0 Å². The van der Waals surface area contributed by atoms with Crippen LogP contribution in [0, 0.1) is 6.92 Å². The molecule has 3 N–H and O–H groups in total. The molecular weight excluding hydrogens is 262 g/mol. The highest BCUT2D eigenvalue weighted by Gasteiger charge is 2.08. The first-order valence-electron chi connectivity index (χ1n) is 6.73. The van der Waals surface area contributed by atoms with Gasteiger partial charge in [-0.05, 0) is 36.8 Å². The molecule has 4 heteroatoms. The molecule has 21 heavy (non-hydrogen) atoms. The summed E-state index contributed by atoms with van der Waals surface area (Å²) in [5.74, 6) is 0.787. The first-order chi connectivity index (χ1) is 10.2. The SMILES string of the molecule is COc1ccc(C)cc1Nc1ccc2cnccc2c1N. The molecule has 4 nitrogen and oxygen atoms in total. The summed E-state index contributed by atoms with van der Waals surface area (Å²) in [6, 6.07) is 11.9. The van der Waals surface area contributed by atoms with Crippen LogP contribution in [0.1, 0.15) is 5.56 Å². The molecule has 0 aliphatic rings. The number of aromatic nitrogens is 1. The smallest absolute Gasteiger partial charge is 0.142 e. The van der Waals surface area contributed by atoms with Gasteiger partial charge < -0.3 is 15.8 Å². The number of fused-ring (bicyclic) bond motifs is 1. The van der Waals surface area contributed by atoms with Crippen molar-refractivity contribution in [3.8, 4) is 5.75 Å². The number of pyridine rings is 1. The van der Waals surface area contributed by atoms with Crippen LogP contribution in [0.3, 0.4) is 0 Å². The highest BCUT2D eigenvalue weighted by Crippen LogP contribution is 2.34. The molecule has 0 fully saturated rings. The highest BCUT2D eigenvalue weighted by atomic mass is 16.5. The van der Waals surface area contributed by atoms with E-state index in [1.54, 1.807) is 13.3 Å². The molecule has 0 radical (unpaired) electrons. The van der Waals surface area contributed by atoms with E-state index in [9.17, 15) is 0 Å². The van der Waals surface area contributed by atoms with Gasteiger partial charge in [-0.15, -0.1) is 0 Å². The molecule has 0 aliphatic carbocycles. The average Bonchev–Trinajstić information content (AvgIpc) is 2.51. The molecule has 0 aliphatic heterocycles. The van der Waals surface area contributed by atoms with Gasteiger partial charge in [0.05, 0.1) is 24.2 Å². The Bertz CT molecular complexity index is 799. The van der Waals surface area contributed by atoms with E-state index in [2.05, 4.69) is 10.3 Å². The summed E-state index contributed by atoms with van der Waals surface area (Å²) in [7, 11) is 1.66. The molecule has 0 bridgehead atoms. The fourth-order valence-corrected chi connectivity index (χ4v) is 2.37. The Labute approximate surface area is 123 Å². The zero-order chi connectivity index (χ0) is 14.8. The fourth-order valence-electron chi connectivity index (χ4n) is 2.37. The monoisotopic (exact) mass is 279 g/mol. The van der Waals surface area contributed by atoms with E-state index in [0.717, 1.165) is 33.5 Å². The van der Waals surface area contributed by atoms with Crippen molar-refractivity contribution in [2.75, 3.05) is 18.2 Å². The van der Waals surface area contributed by atoms with Crippen molar-refractivity contribution < 1.29 is 4.74 Å². The lowest BCUT2D eigenvalue weighted by molar-refractivity contribution is 0.416. The molecule has 1 aromatic heterocycles. The topological polar surface area (TPSA) is 60.2 Å². The molecule has 0 amide bonds. The first-order valence-corrected chi connectivity index (χ1v) is 6.73. The standard InChI is InChI=1S/C17H17N3O/c1-11-3-6-16(21-2)15(9-11)20-14-5-4-12-10-19-8-7-13(12)17(14)18/h3-10,20H,18H2,1-2H3. The van der Waals surface area contributed by atoms with E-state index in [4.69, 9.17) is 10.5 Å². The molecule has 0 spiro atoms. The molecule has 3 rings (SSSR count). The van der Waals surface area contributed by atoms with Gasteiger partial charge >= 0.3 is 0 Å². The Morgan fingerprint density at radius 3 is 2.76 bits per heavy atom. The largest absolute Gasteiger partial charge is 0.495 e. The molecule has 0 saturated carbocycles. The summed E-state index contributed by atoms with van der Waals surface area (Å²) >= 11 is 0. The summed E-state index contributed by atoms with van der Waals surface area (Å²) in [6.45, 7) is 2.04. The number of methoxy groups -OCH3 is 1. The van der Waals surface area contributed by atoms with E-state index in [-0.39, 0.29) is 0 Å². The lowest BCUT2D eigenvalue weighted by atomic mass is 10.1. The van der Waals surface area contributed by atoms with Gasteiger partial charge in [0.1, 0.15) is 5.75 Å². The third kappa shape index (κ3) is 2.48. The maximum absolute atomic E-state index is 6.27. The van der Waals surface area contributed by atoms with Gasteiger partial charge in [-0.1, -0.05) is 12.1 Å². The van der Waals surface area contributed by atoms with Crippen LogP contribution in [-0.4, -0.2) is 12.1 Å². The molecule has 0 atom stereocenters. The number of nitrogen functional groups attached to an aromatic ring is 1. The zero-order valence-corrected chi connectivity index (χ0v) is 12.1. The van der Waals surface area contributed by atoms with Crippen LogP contribution in [0.15, 0.2) is 48.8 Å². The first kappa shape index (κ1) is 13.2. The van der Waals surface area contributed by atoms with Crippen molar-refractivity contribution in [1.29, 1.82) is 0 Å². The Morgan fingerprint density at radius 2 is 1.95 bits per heavy atom. The van der Waals surface area contributed by atoms with Crippen molar-refractivity contribution in [2.24, 2.45) is 0 Å². The van der Waals surface area contributed by atoms with E-state index >= 15 is 0 Å². The van der Waals surface area contributed by atoms with Crippen LogP contribution in [-0.2, 0) is 0 Å². The maximum atomic E-state index is 6.27. The third-order valence-electron chi connectivity index (χ3n) is 3.49. The van der Waals surface area contributed by atoms with Crippen molar-refractivity contribution in [2.45, 2.75) is 6.92 Å². The van der Waals surface area contributed by atoms with Crippen molar-refractivity contribution in [1.82, 2.24) is 4.98 Å². The number of aryl methyl sites for hydroxylation is 1. The lowest BCUT2D eigenvalue weighted by Crippen LogP contribution is -1.99. The molecule has 3 aromatic rings. The minimum absolute atomic E-state index is 0.707. The number of ether oxygens (including phenoxy) is 1. The van der Waals surface area contributed by atoms with Gasteiger partial charge in [0.2, 0.25) is 0 Å². The predicted molar refractivity (Wildman–Crippen MR) is 87.2 cm³/mol. The van der Waals surface area contributed by atoms with Gasteiger partial charge in [-0.2, -0.15) is 0 Å². The molecular formula is C17H17N3O. The van der Waals surface area contributed by atoms with Gasteiger partial charge in [0.15, 0.2) is 0 Å². The Kier molecular flexibility index (Phi) is 3.36. The van der Waals surface area contributed by atoms with E-state index in [1.165, 1.54) is 0 Å². The third-order valence-corrected chi connectivity index (χ3v) is 3.49. The van der Waals surface area contributed by atoms with E-state index in [1.807, 2.05) is 49.5 Å². The summed E-state index contributed by atoms with van der Waals surface area (Å²) in [4.78, 5) is 4.11. The molecule has 2 aromatic carbocycles. The second-order valence-corrected chi connectivity index (χ2v) is 4.95. The van der Waals surface area contributed by atoms with Crippen molar-refractivity contribution in [3.05, 3.63) is 54.4 Å². The summed E-state index contributed by atoms with van der Waals surface area (Å²) in [5.41, 5.74) is 9.89. The summed E-state index contributed by atoms with van der Waals surface area (Å²) < 4.78 is 5.39. The molecule has 106 valence electrons. The van der Waals surface area contributed by atoms with Crippen molar-refractivity contribution in [3.63, 3.8) is 0 Å². The molecule has 0 unspecified atom stereocenters. The number of benzene rings is 2. The minimum atomic E-state index is 0.707. The van der Waals surface area contributed by atoms with Crippen LogP contribution in [0.25, 0.3) is 10.8 Å². The normalized spacial score (nSPS) is 10.6. The highest BCUT2D eigenvalue weighted by molar-refractivity contribution is 5.99. The number of hydrogen-bond acceptors (Lipinski definition) is 4. The summed E-state index contributed by atoms with van der Waals surface area (Å²) in [5, 5.41) is 5.37. The average molecular weight is 279 g/mol. The Balaban J connectivity index is 2.06. The van der Waals surface area contributed by atoms with Crippen LogP contribution in [0.4, 0.5) is 17.1 Å². The number of nitrogens with zero attached hydrogens (tertiary/aromatic N) is 1. The number of anilines is 3. The Morgan fingerprint density at radius 1 is 1.10 bits per heavy atom. The van der Waals surface area contributed by atoms with Crippen molar-refractivity contribution >= 4 is 27.8 Å². The second kappa shape index (κ2) is 5.32. The predicted octanol–water partition coefficient (Wildman–Crippen LogP) is 3.88. The number of hydrogen-bond donors (Lipinski definition) is 2. The summed E-state index contributed by atoms with van der Waals surface area (Å²) in [6.07, 6.45) is 3.55. The lowest BCUT2D eigenvalue weighted by Gasteiger charge is -2.15. The zero-order valence-electron chi connectivity index (χ0n) is 12.1. The van der Waals surface area contributed by atoms with Crippen LogP contribution in [0.2, 0.25) is 0 Å². The van der Waals surface area contributed by atoms with Gasteiger partial charge in [0, 0.05) is 23.2 Å². The fraction of sp³-hybridized carbons (Fsp3) is 0.118. The number of nitrogens with one attached hydrogen (secondary N) is 1. The molecule has 0 saturated heterocycles. The van der Waals surface area contributed by atoms with Gasteiger partial charge in [-0.3, -0.25) is 4.98 Å². The number of nitrogens with two attached hydrogens (primary N) is 1. The van der Waals surface area contributed by atoms with Crippen LogP contribution < -0.4 is 15.8 Å². The maximum Gasteiger partial charge on any atom is 0.142 e. The quantitative estimate of drug-likeness (QED) is 0.714. The second-order valence-electron chi connectivity index (χ2n) is 4.95. The van der Waals surface area contributed by atoms with Gasteiger partial charge in [0.25, 0.3) is 0 Å². The molecule has 1 heterocycles. The number of rotatable bonds is 3. The Hall–Kier alpha value is -2.75. The van der Waals surface area contributed by atoms with Gasteiger partial charge in [-0.25, -0.2) is 0 Å². The van der Waals surface area contributed by atoms with Crippen LogP contribution in [0.5, 0.6) is 5.75 Å². The minimum Gasteiger partial charge on any atom is -0.495 e. The van der Waals surface area contributed by atoms with E-state index in [0.29, 0.717) is 5.69 Å². The van der Waals surface area contributed by atoms with E-state index < -0.39 is 0 Å².